The highest BCUT2D eigenvalue weighted by Gasteiger charge is 2.21. The molecule has 0 spiro atoms. The lowest BCUT2D eigenvalue weighted by Crippen LogP contribution is -2.04. The van der Waals surface area contributed by atoms with Crippen LogP contribution in [0, 0.1) is 0 Å². The van der Waals surface area contributed by atoms with Crippen LogP contribution < -0.4 is 15.2 Å². The van der Waals surface area contributed by atoms with Crippen molar-refractivity contribution >= 4 is 37.7 Å². The van der Waals surface area contributed by atoms with E-state index in [0.29, 0.717) is 23.1 Å². The molecule has 0 fully saturated rings. The number of halogens is 2. The summed E-state index contributed by atoms with van der Waals surface area (Å²) < 4.78 is 12.4. The van der Waals surface area contributed by atoms with E-state index in [1.165, 1.54) is 0 Å². The Labute approximate surface area is 139 Å². The maximum Gasteiger partial charge on any atom is 0.231 e. The third-order valence-corrected chi connectivity index (χ3v) is 4.54. The second-order valence-corrected chi connectivity index (χ2v) is 6.63. The Morgan fingerprint density at radius 1 is 1.19 bits per heavy atom. The Balaban J connectivity index is 2.15. The minimum absolute atomic E-state index is 0.220. The fourth-order valence-electron chi connectivity index (χ4n) is 2.09. The molecule has 7 heteroatoms. The number of nitrogen functional groups attached to an aromatic ring is 1. The van der Waals surface area contributed by atoms with Gasteiger partial charge in [0.2, 0.25) is 6.79 Å². The number of nitrogens with two attached hydrogens (primary N) is 1. The van der Waals surface area contributed by atoms with Crippen LogP contribution in [-0.4, -0.2) is 16.8 Å². The Morgan fingerprint density at radius 2 is 1.95 bits per heavy atom. The van der Waals surface area contributed by atoms with Crippen molar-refractivity contribution < 1.29 is 9.47 Å². The molecule has 3 rings (SSSR count). The predicted octanol–water partition coefficient (Wildman–Crippen LogP) is 4.10. The number of aromatic nitrogens is 2. The summed E-state index contributed by atoms with van der Waals surface area (Å²) in [5.41, 5.74) is 7.69. The van der Waals surface area contributed by atoms with Crippen LogP contribution >= 0.6 is 31.9 Å². The summed E-state index contributed by atoms with van der Waals surface area (Å²) in [6.45, 7) is 4.34. The van der Waals surface area contributed by atoms with Crippen LogP contribution in [0.1, 0.15) is 25.5 Å². The molecule has 0 unspecified atom stereocenters. The summed E-state index contributed by atoms with van der Waals surface area (Å²) in [5.74, 6) is 2.61. The minimum atomic E-state index is 0.220. The highest BCUT2D eigenvalue weighted by Crippen LogP contribution is 2.42. The van der Waals surface area contributed by atoms with Crippen LogP contribution in [0.2, 0.25) is 0 Å². The van der Waals surface area contributed by atoms with Crippen LogP contribution in [0.25, 0.3) is 11.4 Å². The van der Waals surface area contributed by atoms with E-state index in [9.17, 15) is 0 Å². The van der Waals surface area contributed by atoms with E-state index in [1.54, 1.807) is 0 Å². The van der Waals surface area contributed by atoms with Crippen LogP contribution in [0.4, 0.5) is 5.82 Å². The number of ether oxygens (including phenoxy) is 2. The van der Waals surface area contributed by atoms with Gasteiger partial charge in [0.05, 0.1) is 14.6 Å². The molecule has 110 valence electrons. The number of anilines is 1. The van der Waals surface area contributed by atoms with Gasteiger partial charge >= 0.3 is 0 Å². The van der Waals surface area contributed by atoms with Gasteiger partial charge in [-0.3, -0.25) is 0 Å². The quantitative estimate of drug-likeness (QED) is 0.800. The Kier molecular flexibility index (Phi) is 3.79. The summed E-state index contributed by atoms with van der Waals surface area (Å²) in [6, 6.07) is 3.76. The summed E-state index contributed by atoms with van der Waals surface area (Å²) in [5, 5.41) is 0. The monoisotopic (exact) mass is 413 g/mol. The Bertz CT molecular complexity index is 720. The van der Waals surface area contributed by atoms with E-state index < -0.39 is 0 Å². The highest BCUT2D eigenvalue weighted by molar-refractivity contribution is 9.11. The van der Waals surface area contributed by atoms with E-state index in [1.807, 2.05) is 12.1 Å². The molecule has 1 aliphatic heterocycles. The van der Waals surface area contributed by atoms with Crippen molar-refractivity contribution in [3.63, 3.8) is 0 Å². The lowest BCUT2D eigenvalue weighted by atomic mass is 10.1. The number of hydrogen-bond acceptors (Lipinski definition) is 5. The molecular weight excluding hydrogens is 402 g/mol. The van der Waals surface area contributed by atoms with Gasteiger partial charge in [-0.2, -0.15) is 0 Å². The van der Waals surface area contributed by atoms with Gasteiger partial charge in [0.1, 0.15) is 5.82 Å². The zero-order valence-electron chi connectivity index (χ0n) is 11.5. The molecule has 0 atom stereocenters. The van der Waals surface area contributed by atoms with E-state index in [2.05, 4.69) is 55.7 Å². The summed E-state index contributed by atoms with van der Waals surface area (Å²) >= 11 is 6.92. The van der Waals surface area contributed by atoms with Crippen molar-refractivity contribution in [2.75, 3.05) is 12.5 Å². The van der Waals surface area contributed by atoms with Gasteiger partial charge in [-0.25, -0.2) is 9.97 Å². The minimum Gasteiger partial charge on any atom is -0.454 e. The van der Waals surface area contributed by atoms with E-state index in [-0.39, 0.29) is 12.7 Å². The molecule has 0 amide bonds. The number of benzene rings is 1. The lowest BCUT2D eigenvalue weighted by molar-refractivity contribution is 0.173. The molecule has 0 radical (unpaired) electrons. The van der Waals surface area contributed by atoms with Gasteiger partial charge in [-0.1, -0.05) is 13.8 Å². The van der Waals surface area contributed by atoms with Gasteiger partial charge in [-0.05, 0) is 49.9 Å². The fourth-order valence-corrected chi connectivity index (χ4v) is 3.28. The summed E-state index contributed by atoms with van der Waals surface area (Å²) in [6.07, 6.45) is 0. The lowest BCUT2D eigenvalue weighted by Gasteiger charge is -2.12. The third kappa shape index (κ3) is 2.60. The highest BCUT2D eigenvalue weighted by atomic mass is 79.9. The van der Waals surface area contributed by atoms with E-state index in [4.69, 9.17) is 15.2 Å². The molecule has 1 aliphatic rings. The molecular formula is C14H13Br2N3O2. The number of rotatable bonds is 2. The summed E-state index contributed by atoms with van der Waals surface area (Å²) in [7, 11) is 0. The Morgan fingerprint density at radius 3 is 2.67 bits per heavy atom. The zero-order valence-corrected chi connectivity index (χ0v) is 14.7. The average Bonchev–Trinajstić information content (AvgIpc) is 2.90. The third-order valence-electron chi connectivity index (χ3n) is 3.13. The first kappa shape index (κ1) is 14.6. The molecule has 2 N–H and O–H groups in total. The van der Waals surface area contributed by atoms with E-state index in [0.717, 1.165) is 20.2 Å². The van der Waals surface area contributed by atoms with Crippen LogP contribution in [0.15, 0.2) is 21.1 Å². The smallest absolute Gasteiger partial charge is 0.231 e. The SMILES string of the molecule is CC(C)c1nc(-c2cc(Br)c3c(c2)OCO3)nc(N)c1Br. The molecule has 0 saturated heterocycles. The molecule has 2 aromatic rings. The van der Waals surface area contributed by atoms with Crippen molar-refractivity contribution in [3.05, 3.63) is 26.8 Å². The molecule has 0 bridgehead atoms. The largest absolute Gasteiger partial charge is 0.454 e. The predicted molar refractivity (Wildman–Crippen MR) is 87.5 cm³/mol. The van der Waals surface area contributed by atoms with Crippen molar-refractivity contribution in [1.29, 1.82) is 0 Å². The van der Waals surface area contributed by atoms with Crippen molar-refractivity contribution in [2.24, 2.45) is 0 Å². The van der Waals surface area contributed by atoms with Gasteiger partial charge in [-0.15, -0.1) is 0 Å². The van der Waals surface area contributed by atoms with Crippen LogP contribution in [0.3, 0.4) is 0 Å². The molecule has 5 nitrogen and oxygen atoms in total. The van der Waals surface area contributed by atoms with Gasteiger partial charge in [0.15, 0.2) is 17.3 Å². The fraction of sp³-hybridized carbons (Fsp3) is 0.286. The Hall–Kier alpha value is -1.34. The number of fused-ring (bicyclic) bond motifs is 1. The second kappa shape index (κ2) is 5.46. The van der Waals surface area contributed by atoms with Crippen molar-refractivity contribution in [1.82, 2.24) is 9.97 Å². The first-order valence-electron chi connectivity index (χ1n) is 6.39. The standard InChI is InChI=1S/C14H13Br2N3O2/c1-6(2)11-10(16)13(17)19-14(18-11)7-3-8(15)12-9(4-7)20-5-21-12/h3-4,6H,5H2,1-2H3,(H2,17,18,19). The molecule has 1 aromatic carbocycles. The number of hydrogen-bond donors (Lipinski definition) is 1. The first-order chi connectivity index (χ1) is 9.97. The first-order valence-corrected chi connectivity index (χ1v) is 7.98. The molecule has 2 heterocycles. The van der Waals surface area contributed by atoms with Crippen LogP contribution in [-0.2, 0) is 0 Å². The normalized spacial score (nSPS) is 13.0. The zero-order chi connectivity index (χ0) is 15.1. The van der Waals surface area contributed by atoms with Gasteiger partial charge < -0.3 is 15.2 Å². The topological polar surface area (TPSA) is 70.3 Å². The van der Waals surface area contributed by atoms with Crippen molar-refractivity contribution in [3.8, 4) is 22.9 Å². The maximum absolute atomic E-state index is 5.98. The molecule has 21 heavy (non-hydrogen) atoms. The molecule has 1 aromatic heterocycles. The second-order valence-electron chi connectivity index (χ2n) is 4.98. The summed E-state index contributed by atoms with van der Waals surface area (Å²) in [4.78, 5) is 8.97. The van der Waals surface area contributed by atoms with Crippen molar-refractivity contribution in [2.45, 2.75) is 19.8 Å². The molecule has 0 saturated carbocycles. The average molecular weight is 415 g/mol. The van der Waals surface area contributed by atoms with Gasteiger partial charge in [0.25, 0.3) is 0 Å². The molecule has 0 aliphatic carbocycles. The van der Waals surface area contributed by atoms with E-state index >= 15 is 0 Å². The van der Waals surface area contributed by atoms with Gasteiger partial charge in [0, 0.05) is 5.56 Å². The maximum atomic E-state index is 5.98. The number of nitrogens with zero attached hydrogens (tertiary/aromatic N) is 2. The van der Waals surface area contributed by atoms with Crippen LogP contribution in [0.5, 0.6) is 11.5 Å².